The van der Waals surface area contributed by atoms with Gasteiger partial charge in [0.05, 0.1) is 0 Å². The Morgan fingerprint density at radius 2 is 2.50 bits per heavy atom. The van der Waals surface area contributed by atoms with Crippen molar-refractivity contribution in [1.82, 2.24) is 4.98 Å². The zero-order valence-electron chi connectivity index (χ0n) is 9.70. The van der Waals surface area contributed by atoms with Gasteiger partial charge in [-0.3, -0.25) is 4.79 Å². The van der Waals surface area contributed by atoms with Crippen LogP contribution in [-0.4, -0.2) is 34.2 Å². The maximum Gasteiger partial charge on any atom is 0.347 e. The van der Waals surface area contributed by atoms with Crippen LogP contribution in [0.4, 0.5) is 5.13 Å². The van der Waals surface area contributed by atoms with Crippen LogP contribution in [0.25, 0.3) is 0 Å². The lowest BCUT2D eigenvalue weighted by Gasteiger charge is -2.08. The van der Waals surface area contributed by atoms with Crippen molar-refractivity contribution >= 4 is 34.4 Å². The first kappa shape index (κ1) is 14.1. The van der Waals surface area contributed by atoms with Gasteiger partial charge in [0.2, 0.25) is 6.10 Å². The van der Waals surface area contributed by atoms with Gasteiger partial charge in [0.1, 0.15) is 5.69 Å². The van der Waals surface area contributed by atoms with E-state index in [4.69, 9.17) is 15.7 Å². The average Bonchev–Trinajstić information content (AvgIpc) is 2.75. The first-order valence-electron chi connectivity index (χ1n) is 5.21. The number of carbonyl (C=O) groups is 2. The van der Waals surface area contributed by atoms with Crippen molar-refractivity contribution in [3.8, 4) is 0 Å². The summed E-state index contributed by atoms with van der Waals surface area (Å²) in [6.07, 6.45) is 0.316. The first-order valence-corrected chi connectivity index (χ1v) is 6.09. The molecule has 1 aromatic heterocycles. The summed E-state index contributed by atoms with van der Waals surface area (Å²) in [6.45, 7) is 1.82. The number of carbonyl (C=O) groups excluding carboxylic acids is 1. The predicted octanol–water partition coefficient (Wildman–Crippen LogP) is 0.898. The molecule has 0 saturated heterocycles. The predicted molar refractivity (Wildman–Crippen MR) is 66.5 cm³/mol. The van der Waals surface area contributed by atoms with Crippen LogP contribution in [0.5, 0.6) is 0 Å². The topological polar surface area (TPSA) is 115 Å². The molecule has 0 amide bonds. The Labute approximate surface area is 107 Å². The summed E-state index contributed by atoms with van der Waals surface area (Å²) >= 11 is 1.15. The third-order valence-electron chi connectivity index (χ3n) is 2.00. The molecular weight excluding hydrogens is 258 g/mol. The van der Waals surface area contributed by atoms with Crippen LogP contribution in [0.3, 0.4) is 0 Å². The highest BCUT2D eigenvalue weighted by Crippen LogP contribution is 2.12. The second-order valence-corrected chi connectivity index (χ2v) is 4.28. The molecule has 1 aromatic rings. The molecular formula is C10H13N3O4S. The summed E-state index contributed by atoms with van der Waals surface area (Å²) < 4.78 is 0. The van der Waals surface area contributed by atoms with Crippen molar-refractivity contribution in [2.75, 3.05) is 5.73 Å². The van der Waals surface area contributed by atoms with Crippen molar-refractivity contribution in [2.45, 2.75) is 25.9 Å². The van der Waals surface area contributed by atoms with Crippen molar-refractivity contribution in [1.29, 1.82) is 0 Å². The van der Waals surface area contributed by atoms with Gasteiger partial charge in [-0.25, -0.2) is 9.78 Å². The number of aliphatic carboxylic acids is 1. The largest absolute Gasteiger partial charge is 0.478 e. The molecule has 0 aliphatic rings. The van der Waals surface area contributed by atoms with E-state index in [0.29, 0.717) is 24.3 Å². The number of carboxylic acid groups (broad SMARTS) is 1. The highest BCUT2D eigenvalue weighted by molar-refractivity contribution is 7.13. The van der Waals surface area contributed by atoms with Crippen LogP contribution < -0.4 is 5.73 Å². The molecule has 0 spiro atoms. The monoisotopic (exact) mass is 271 g/mol. The van der Waals surface area contributed by atoms with E-state index in [-0.39, 0.29) is 11.4 Å². The summed E-state index contributed by atoms with van der Waals surface area (Å²) in [7, 11) is 0. The SMILES string of the molecule is CCCC(ON=C(C=O)c1csc(N)n1)C(=O)O. The summed E-state index contributed by atoms with van der Waals surface area (Å²) in [5.41, 5.74) is 5.62. The third-order valence-corrected chi connectivity index (χ3v) is 2.67. The fraction of sp³-hybridized carbons (Fsp3) is 0.400. The molecule has 0 fully saturated rings. The fourth-order valence-electron chi connectivity index (χ4n) is 1.14. The van der Waals surface area contributed by atoms with Crippen molar-refractivity contribution in [2.24, 2.45) is 5.16 Å². The number of nitrogens with zero attached hydrogens (tertiary/aromatic N) is 2. The lowest BCUT2D eigenvalue weighted by molar-refractivity contribution is -0.150. The molecule has 0 aromatic carbocycles. The number of nitrogen functional groups attached to an aromatic ring is 1. The van der Waals surface area contributed by atoms with E-state index in [2.05, 4.69) is 10.1 Å². The number of hydrogen-bond donors (Lipinski definition) is 2. The molecule has 18 heavy (non-hydrogen) atoms. The van der Waals surface area contributed by atoms with Crippen LogP contribution in [-0.2, 0) is 14.4 Å². The number of hydrogen-bond acceptors (Lipinski definition) is 7. The van der Waals surface area contributed by atoms with E-state index >= 15 is 0 Å². The molecule has 7 nitrogen and oxygen atoms in total. The molecule has 8 heteroatoms. The zero-order valence-corrected chi connectivity index (χ0v) is 10.5. The number of anilines is 1. The summed E-state index contributed by atoms with van der Waals surface area (Å²) in [5, 5.41) is 14.2. The molecule has 1 atom stereocenters. The minimum absolute atomic E-state index is 0.0784. The second-order valence-electron chi connectivity index (χ2n) is 3.39. The van der Waals surface area contributed by atoms with Gasteiger partial charge in [-0.2, -0.15) is 0 Å². The standard InChI is InChI=1S/C10H13N3O4S/c1-2-3-8(9(15)16)17-13-6(4-14)7-5-18-10(11)12-7/h4-5,8H,2-3H2,1H3,(H2,11,12)(H,15,16). The molecule has 3 N–H and O–H groups in total. The van der Waals surface area contributed by atoms with Crippen LogP contribution in [0, 0.1) is 0 Å². The van der Waals surface area contributed by atoms with Crippen LogP contribution in [0.1, 0.15) is 25.5 Å². The van der Waals surface area contributed by atoms with Gasteiger partial charge in [0.15, 0.2) is 17.1 Å². The highest BCUT2D eigenvalue weighted by Gasteiger charge is 2.18. The summed E-state index contributed by atoms with van der Waals surface area (Å²) in [6, 6.07) is 0. The zero-order chi connectivity index (χ0) is 13.5. The normalized spacial score (nSPS) is 13.1. The molecule has 0 aliphatic carbocycles. The van der Waals surface area contributed by atoms with Gasteiger partial charge in [0.25, 0.3) is 0 Å². The minimum Gasteiger partial charge on any atom is -0.478 e. The summed E-state index contributed by atoms with van der Waals surface area (Å²) in [4.78, 5) is 30.3. The lowest BCUT2D eigenvalue weighted by Crippen LogP contribution is -2.22. The van der Waals surface area contributed by atoms with Crippen molar-refractivity contribution in [3.63, 3.8) is 0 Å². The van der Waals surface area contributed by atoms with E-state index in [9.17, 15) is 9.59 Å². The fourth-order valence-corrected chi connectivity index (χ4v) is 1.69. The van der Waals surface area contributed by atoms with Crippen LogP contribution in [0.2, 0.25) is 0 Å². The second kappa shape index (κ2) is 6.70. The minimum atomic E-state index is -1.12. The van der Waals surface area contributed by atoms with Crippen molar-refractivity contribution < 1.29 is 19.5 Å². The maximum absolute atomic E-state index is 10.8. The average molecular weight is 271 g/mol. The van der Waals surface area contributed by atoms with E-state index in [1.165, 1.54) is 0 Å². The molecule has 0 aliphatic heterocycles. The number of aromatic nitrogens is 1. The van der Waals surface area contributed by atoms with Gasteiger partial charge >= 0.3 is 5.97 Å². The Bertz CT molecular complexity index is 458. The third kappa shape index (κ3) is 3.81. The molecule has 0 radical (unpaired) electrons. The number of rotatable bonds is 7. The van der Waals surface area contributed by atoms with Gasteiger partial charge in [-0.05, 0) is 6.42 Å². The molecule has 1 rings (SSSR count). The number of thiazole rings is 1. The maximum atomic E-state index is 10.8. The summed E-state index contributed by atoms with van der Waals surface area (Å²) in [5.74, 6) is -1.12. The Kier molecular flexibility index (Phi) is 5.25. The molecule has 98 valence electrons. The lowest BCUT2D eigenvalue weighted by atomic mass is 10.2. The number of nitrogens with two attached hydrogens (primary N) is 1. The van der Waals surface area contributed by atoms with Gasteiger partial charge in [-0.1, -0.05) is 18.5 Å². The number of carboxylic acids is 1. The Morgan fingerprint density at radius 1 is 1.78 bits per heavy atom. The van der Waals surface area contributed by atoms with E-state index in [1.807, 2.05) is 6.92 Å². The van der Waals surface area contributed by atoms with E-state index in [0.717, 1.165) is 11.3 Å². The van der Waals surface area contributed by atoms with Gasteiger partial charge < -0.3 is 15.7 Å². The Hall–Kier alpha value is -1.96. The van der Waals surface area contributed by atoms with Gasteiger partial charge in [0, 0.05) is 5.38 Å². The van der Waals surface area contributed by atoms with E-state index < -0.39 is 12.1 Å². The van der Waals surface area contributed by atoms with E-state index in [1.54, 1.807) is 5.38 Å². The highest BCUT2D eigenvalue weighted by atomic mass is 32.1. The Balaban J connectivity index is 2.79. The molecule has 1 heterocycles. The molecule has 0 saturated carbocycles. The van der Waals surface area contributed by atoms with Gasteiger partial charge in [-0.15, -0.1) is 11.3 Å². The van der Waals surface area contributed by atoms with Crippen LogP contribution >= 0.6 is 11.3 Å². The number of aldehydes is 1. The first-order chi connectivity index (χ1) is 8.58. The van der Waals surface area contributed by atoms with Crippen molar-refractivity contribution in [3.05, 3.63) is 11.1 Å². The molecule has 0 bridgehead atoms. The Morgan fingerprint density at radius 3 is 2.94 bits per heavy atom. The quantitative estimate of drug-likeness (QED) is 0.432. The molecule has 1 unspecified atom stereocenters. The smallest absolute Gasteiger partial charge is 0.347 e. The van der Waals surface area contributed by atoms with Crippen LogP contribution in [0.15, 0.2) is 10.5 Å². The number of oxime groups is 1.